The van der Waals surface area contributed by atoms with Crippen molar-refractivity contribution in [3.63, 3.8) is 0 Å². The van der Waals surface area contributed by atoms with E-state index in [0.29, 0.717) is 6.04 Å². The Morgan fingerprint density at radius 2 is 2.00 bits per heavy atom. The third-order valence-electron chi connectivity index (χ3n) is 4.50. The molecular formula is C14H18N6. The highest BCUT2D eigenvalue weighted by Crippen LogP contribution is 2.31. The molecule has 2 bridgehead atoms. The first kappa shape index (κ1) is 11.8. The van der Waals surface area contributed by atoms with E-state index in [4.69, 9.17) is 0 Å². The normalized spacial score (nSPS) is 28.5. The number of aromatic nitrogens is 4. The Kier molecular flexibility index (Phi) is 2.88. The molecule has 4 heterocycles. The average molecular weight is 270 g/mol. The second kappa shape index (κ2) is 4.86. The smallest absolute Gasteiger partial charge is 0.143 e. The molecule has 3 saturated heterocycles. The molecule has 0 saturated carbocycles. The third-order valence-corrected chi connectivity index (χ3v) is 4.50. The van der Waals surface area contributed by atoms with Crippen molar-refractivity contribution in [3.8, 4) is 5.69 Å². The van der Waals surface area contributed by atoms with Gasteiger partial charge in [-0.25, -0.2) is 0 Å². The first-order valence-corrected chi connectivity index (χ1v) is 7.21. The highest BCUT2D eigenvalue weighted by Gasteiger charge is 2.34. The van der Waals surface area contributed by atoms with Crippen molar-refractivity contribution < 1.29 is 0 Å². The number of hydrogen-bond acceptors (Lipinski definition) is 5. The number of piperidine rings is 3. The molecule has 104 valence electrons. The highest BCUT2D eigenvalue weighted by molar-refractivity contribution is 5.61. The van der Waals surface area contributed by atoms with Gasteiger partial charge in [-0.1, -0.05) is 12.1 Å². The van der Waals surface area contributed by atoms with Crippen LogP contribution in [0.1, 0.15) is 12.8 Å². The Morgan fingerprint density at radius 1 is 1.15 bits per heavy atom. The lowest BCUT2D eigenvalue weighted by atomic mass is 9.84. The molecule has 6 nitrogen and oxygen atoms in total. The molecular weight excluding hydrogens is 252 g/mol. The number of tetrazole rings is 1. The molecule has 5 rings (SSSR count). The molecule has 3 fully saturated rings. The summed E-state index contributed by atoms with van der Waals surface area (Å²) in [5, 5.41) is 15.1. The minimum Gasteiger partial charge on any atom is -0.379 e. The van der Waals surface area contributed by atoms with E-state index >= 15 is 0 Å². The van der Waals surface area contributed by atoms with Crippen LogP contribution in [0.3, 0.4) is 0 Å². The van der Waals surface area contributed by atoms with E-state index in [2.05, 4.69) is 37.9 Å². The lowest BCUT2D eigenvalue weighted by Gasteiger charge is -2.45. The minimum atomic E-state index is 0.537. The molecule has 1 atom stereocenters. The fourth-order valence-electron chi connectivity index (χ4n) is 3.40. The van der Waals surface area contributed by atoms with Crippen LogP contribution in [0.2, 0.25) is 0 Å². The number of para-hydroxylation sites is 2. The summed E-state index contributed by atoms with van der Waals surface area (Å²) >= 11 is 0. The van der Waals surface area contributed by atoms with Crippen molar-refractivity contribution in [2.75, 3.05) is 25.0 Å². The van der Waals surface area contributed by atoms with Gasteiger partial charge in [0.25, 0.3) is 0 Å². The number of anilines is 1. The zero-order valence-electron chi connectivity index (χ0n) is 11.3. The Balaban J connectivity index is 1.60. The molecule has 20 heavy (non-hydrogen) atoms. The molecule has 0 radical (unpaired) electrons. The summed E-state index contributed by atoms with van der Waals surface area (Å²) in [5.74, 6) is 0.793. The Morgan fingerprint density at radius 3 is 2.70 bits per heavy atom. The van der Waals surface area contributed by atoms with Crippen molar-refractivity contribution in [1.29, 1.82) is 0 Å². The van der Waals surface area contributed by atoms with Gasteiger partial charge in [0.05, 0.1) is 11.4 Å². The zero-order chi connectivity index (χ0) is 13.4. The van der Waals surface area contributed by atoms with E-state index in [1.807, 2.05) is 12.1 Å². The summed E-state index contributed by atoms with van der Waals surface area (Å²) in [6.45, 7) is 3.67. The molecule has 3 aliphatic heterocycles. The summed E-state index contributed by atoms with van der Waals surface area (Å²) in [6.07, 6.45) is 4.26. The van der Waals surface area contributed by atoms with Crippen LogP contribution >= 0.6 is 0 Å². The van der Waals surface area contributed by atoms with Crippen LogP contribution in [-0.4, -0.2) is 50.8 Å². The SMILES string of the molecule is c1ccc(-n2cnnn2)c(NC2CN3CCC2CC3)c1. The van der Waals surface area contributed by atoms with Gasteiger partial charge in [0.2, 0.25) is 0 Å². The third kappa shape index (κ3) is 2.06. The van der Waals surface area contributed by atoms with Gasteiger partial charge in [-0.15, -0.1) is 5.10 Å². The fraction of sp³-hybridized carbons (Fsp3) is 0.500. The number of benzene rings is 1. The molecule has 3 aliphatic rings. The second-order valence-corrected chi connectivity index (χ2v) is 5.66. The van der Waals surface area contributed by atoms with Gasteiger partial charge in [0, 0.05) is 12.6 Å². The number of nitrogens with zero attached hydrogens (tertiary/aromatic N) is 5. The average Bonchev–Trinajstić information content (AvgIpc) is 3.03. The van der Waals surface area contributed by atoms with Crippen LogP contribution in [0.4, 0.5) is 5.69 Å². The van der Waals surface area contributed by atoms with Crippen molar-refractivity contribution in [2.45, 2.75) is 18.9 Å². The van der Waals surface area contributed by atoms with Crippen LogP contribution in [-0.2, 0) is 0 Å². The molecule has 1 aromatic heterocycles. The maximum Gasteiger partial charge on any atom is 0.143 e. The minimum absolute atomic E-state index is 0.537. The molecule has 1 unspecified atom stereocenters. The summed E-state index contributed by atoms with van der Waals surface area (Å²) in [6, 6.07) is 8.75. The van der Waals surface area contributed by atoms with Gasteiger partial charge in [-0.2, -0.15) is 4.68 Å². The van der Waals surface area contributed by atoms with Crippen molar-refractivity contribution >= 4 is 5.69 Å². The van der Waals surface area contributed by atoms with E-state index in [1.54, 1.807) is 11.0 Å². The monoisotopic (exact) mass is 270 g/mol. The molecule has 1 aromatic carbocycles. The quantitative estimate of drug-likeness (QED) is 0.907. The van der Waals surface area contributed by atoms with E-state index in [9.17, 15) is 0 Å². The molecule has 6 heteroatoms. The summed E-state index contributed by atoms with van der Waals surface area (Å²) in [4.78, 5) is 2.55. The predicted octanol–water partition coefficient (Wildman–Crippen LogP) is 1.17. The predicted molar refractivity (Wildman–Crippen MR) is 75.7 cm³/mol. The zero-order valence-corrected chi connectivity index (χ0v) is 11.3. The van der Waals surface area contributed by atoms with Gasteiger partial charge < -0.3 is 10.2 Å². The maximum atomic E-state index is 3.99. The Bertz CT molecular complexity index is 573. The molecule has 0 amide bonds. The molecule has 0 aliphatic carbocycles. The first-order valence-electron chi connectivity index (χ1n) is 7.21. The van der Waals surface area contributed by atoms with E-state index < -0.39 is 0 Å². The van der Waals surface area contributed by atoms with Crippen LogP contribution in [0.25, 0.3) is 5.69 Å². The molecule has 0 spiro atoms. The van der Waals surface area contributed by atoms with E-state index in [-0.39, 0.29) is 0 Å². The van der Waals surface area contributed by atoms with Crippen LogP contribution in [0.5, 0.6) is 0 Å². The van der Waals surface area contributed by atoms with Gasteiger partial charge in [0.15, 0.2) is 0 Å². The van der Waals surface area contributed by atoms with Gasteiger partial charge in [-0.05, 0) is 54.4 Å². The summed E-state index contributed by atoms with van der Waals surface area (Å²) in [7, 11) is 0. The van der Waals surface area contributed by atoms with Gasteiger partial charge in [0.1, 0.15) is 6.33 Å². The maximum absolute atomic E-state index is 3.99. The van der Waals surface area contributed by atoms with Crippen LogP contribution in [0.15, 0.2) is 30.6 Å². The van der Waals surface area contributed by atoms with Crippen LogP contribution in [0, 0.1) is 5.92 Å². The topological polar surface area (TPSA) is 58.9 Å². The van der Waals surface area contributed by atoms with Crippen molar-refractivity contribution in [1.82, 2.24) is 25.1 Å². The largest absolute Gasteiger partial charge is 0.379 e. The Labute approximate surface area is 117 Å². The highest BCUT2D eigenvalue weighted by atomic mass is 15.5. The molecule has 2 aromatic rings. The lowest BCUT2D eigenvalue weighted by molar-refractivity contribution is 0.0975. The number of nitrogens with one attached hydrogen (secondary N) is 1. The number of hydrogen-bond donors (Lipinski definition) is 1. The van der Waals surface area contributed by atoms with E-state index in [0.717, 1.165) is 23.8 Å². The second-order valence-electron chi connectivity index (χ2n) is 5.66. The fourth-order valence-corrected chi connectivity index (χ4v) is 3.40. The van der Waals surface area contributed by atoms with E-state index in [1.165, 1.54) is 25.9 Å². The summed E-state index contributed by atoms with van der Waals surface area (Å²) in [5.41, 5.74) is 2.12. The molecule has 1 N–H and O–H groups in total. The van der Waals surface area contributed by atoms with Gasteiger partial charge in [-0.3, -0.25) is 0 Å². The Hall–Kier alpha value is -1.95. The van der Waals surface area contributed by atoms with Crippen molar-refractivity contribution in [2.24, 2.45) is 5.92 Å². The number of rotatable bonds is 3. The summed E-state index contributed by atoms with van der Waals surface area (Å²) < 4.78 is 1.71. The van der Waals surface area contributed by atoms with Crippen LogP contribution < -0.4 is 5.32 Å². The standard InChI is InChI=1S/C14H18N6/c1-2-4-14(20-10-15-17-18-20)12(3-1)16-13-9-19-7-5-11(13)6-8-19/h1-4,10-11,13,16H,5-9H2. The lowest BCUT2D eigenvalue weighted by Crippen LogP contribution is -2.53. The van der Waals surface area contributed by atoms with Gasteiger partial charge >= 0.3 is 0 Å². The van der Waals surface area contributed by atoms with Crippen molar-refractivity contribution in [3.05, 3.63) is 30.6 Å². The first-order chi connectivity index (χ1) is 9.90. The number of fused-ring (bicyclic) bond motifs is 3.